The van der Waals surface area contributed by atoms with Gasteiger partial charge in [-0.2, -0.15) is 0 Å². The second kappa shape index (κ2) is 13.1. The summed E-state index contributed by atoms with van der Waals surface area (Å²) in [5.41, 5.74) is 2.93. The fourth-order valence-electron chi connectivity index (χ4n) is 3.03. The smallest absolute Gasteiger partial charge is 0.307 e. The van der Waals surface area contributed by atoms with Crippen LogP contribution in [0.25, 0.3) is 0 Å². The molecule has 0 aliphatic carbocycles. The molecule has 1 rings (SSSR count). The molecule has 0 bridgehead atoms. The molecule has 0 amide bonds. The van der Waals surface area contributed by atoms with E-state index in [0.29, 0.717) is 24.4 Å². The number of hydrogen-bond donors (Lipinski definition) is 1. The van der Waals surface area contributed by atoms with Gasteiger partial charge in [0, 0.05) is 36.6 Å². The predicted octanol–water partition coefficient (Wildman–Crippen LogP) is 3.71. The molecule has 1 N–H and O–H groups in total. The molecule has 0 aliphatic rings. The number of halogens is 2. The molecule has 0 saturated heterocycles. The van der Waals surface area contributed by atoms with Gasteiger partial charge in [-0.05, 0) is 63.8 Å². The van der Waals surface area contributed by atoms with Gasteiger partial charge in [-0.15, -0.1) is 23.2 Å². The molecule has 1 aromatic rings. The number of carbonyl (C=O) groups excluding carboxylic acids is 2. The number of alkyl halides is 2. The molecular formula is C21H32BCl2N2O3. The number of carbonyl (C=O) groups is 2. The van der Waals surface area contributed by atoms with Gasteiger partial charge in [0.2, 0.25) is 0 Å². The van der Waals surface area contributed by atoms with Crippen LogP contribution in [0.3, 0.4) is 0 Å². The molecule has 0 unspecified atom stereocenters. The molecule has 0 heterocycles. The lowest BCUT2D eigenvalue weighted by Crippen LogP contribution is -2.37. The van der Waals surface area contributed by atoms with Gasteiger partial charge in [0.25, 0.3) is 7.41 Å². The first kappa shape index (κ1) is 25.8. The highest BCUT2D eigenvalue weighted by Gasteiger charge is 2.20. The van der Waals surface area contributed by atoms with Crippen LogP contribution in [0.2, 0.25) is 0 Å². The van der Waals surface area contributed by atoms with Gasteiger partial charge in [0.15, 0.2) is 0 Å². The minimum Gasteiger partial charge on any atom is -0.460 e. The van der Waals surface area contributed by atoms with Crippen LogP contribution in [-0.2, 0) is 20.7 Å². The molecule has 1 aromatic carbocycles. The Balaban J connectivity index is 2.85. The normalized spacial score (nSPS) is 12.3. The average Bonchev–Trinajstić information content (AvgIpc) is 2.63. The third-order valence-corrected chi connectivity index (χ3v) is 4.74. The maximum Gasteiger partial charge on any atom is 0.307 e. The van der Waals surface area contributed by atoms with Crippen molar-refractivity contribution in [2.75, 3.05) is 29.7 Å². The van der Waals surface area contributed by atoms with Crippen LogP contribution in [0.1, 0.15) is 44.7 Å². The van der Waals surface area contributed by atoms with Crippen LogP contribution in [0.5, 0.6) is 0 Å². The molecule has 1 atom stereocenters. The van der Waals surface area contributed by atoms with Gasteiger partial charge >= 0.3 is 5.97 Å². The maximum absolute atomic E-state index is 12.2. The largest absolute Gasteiger partial charge is 0.460 e. The standard InChI is InChI=1S/C21H32BCl2N2O3/c1-16-5-8-19(26(11-9-23)12-10-24)13-17(16)6-7-18(25-22-15-27)14-20(28)29-21(2,3)4/h5,8,13,15,18,25H,6-7,9-12,14H2,1-4H3/t18-/m1/s1. The van der Waals surface area contributed by atoms with E-state index in [9.17, 15) is 9.59 Å². The van der Waals surface area contributed by atoms with Crippen LogP contribution >= 0.6 is 23.2 Å². The van der Waals surface area contributed by atoms with Crippen molar-refractivity contribution in [3.8, 4) is 0 Å². The van der Waals surface area contributed by atoms with E-state index in [1.807, 2.05) is 20.8 Å². The molecule has 29 heavy (non-hydrogen) atoms. The Bertz CT molecular complexity index is 647. The number of rotatable bonds is 13. The minimum atomic E-state index is -0.533. The van der Waals surface area contributed by atoms with Gasteiger partial charge in [0.1, 0.15) is 5.60 Å². The Labute approximate surface area is 185 Å². The van der Waals surface area contributed by atoms with Gasteiger partial charge < -0.3 is 19.7 Å². The zero-order valence-electron chi connectivity index (χ0n) is 17.8. The summed E-state index contributed by atoms with van der Waals surface area (Å²) < 4.78 is 5.42. The van der Waals surface area contributed by atoms with Crippen LogP contribution in [-0.4, -0.2) is 56.1 Å². The van der Waals surface area contributed by atoms with E-state index < -0.39 is 5.60 Å². The average molecular weight is 442 g/mol. The van der Waals surface area contributed by atoms with E-state index in [-0.39, 0.29) is 18.4 Å². The molecule has 1 radical (unpaired) electrons. The number of aryl methyl sites for hydroxylation is 2. The number of ether oxygens (including phenoxy) is 1. The zero-order valence-corrected chi connectivity index (χ0v) is 19.4. The van der Waals surface area contributed by atoms with Gasteiger partial charge in [-0.1, -0.05) is 6.07 Å². The zero-order chi connectivity index (χ0) is 21.9. The summed E-state index contributed by atoms with van der Waals surface area (Å²) in [5.74, 6) is 0.780. The molecule has 0 spiro atoms. The molecule has 5 nitrogen and oxygen atoms in total. The van der Waals surface area contributed by atoms with Crippen molar-refractivity contribution in [2.24, 2.45) is 0 Å². The lowest BCUT2D eigenvalue weighted by molar-refractivity contribution is -0.155. The molecular weight excluding hydrogens is 410 g/mol. The van der Waals surface area contributed by atoms with E-state index in [1.165, 1.54) is 18.5 Å². The van der Waals surface area contributed by atoms with Crippen molar-refractivity contribution in [1.82, 2.24) is 5.23 Å². The van der Waals surface area contributed by atoms with Gasteiger partial charge in [-0.3, -0.25) is 4.79 Å². The molecule has 0 aromatic heterocycles. The topological polar surface area (TPSA) is 58.6 Å². The SMILES string of the molecule is Cc1ccc(N(CCCl)CCCl)cc1CC[C@H](CC(=O)OC(C)(C)C)N[B]C=O. The van der Waals surface area contributed by atoms with E-state index in [2.05, 4.69) is 35.3 Å². The first-order valence-electron chi connectivity index (χ1n) is 9.91. The summed E-state index contributed by atoms with van der Waals surface area (Å²) in [6, 6.07) is 6.14. The lowest BCUT2D eigenvalue weighted by atomic mass is 9.92. The third-order valence-electron chi connectivity index (χ3n) is 4.40. The summed E-state index contributed by atoms with van der Waals surface area (Å²) in [5, 5.41) is 3.01. The second-order valence-electron chi connectivity index (χ2n) is 7.97. The number of benzene rings is 1. The number of nitrogens with zero attached hydrogens (tertiary/aromatic N) is 1. The van der Waals surface area contributed by atoms with E-state index in [1.54, 1.807) is 0 Å². The Hall–Kier alpha value is -1.24. The summed E-state index contributed by atoms with van der Waals surface area (Å²) >= 11 is 11.9. The molecule has 0 saturated carbocycles. The number of anilines is 1. The summed E-state index contributed by atoms with van der Waals surface area (Å²) in [6.45, 7) is 9.05. The molecule has 8 heteroatoms. The van der Waals surface area contributed by atoms with Gasteiger partial charge in [0.05, 0.1) is 12.6 Å². The first-order chi connectivity index (χ1) is 13.7. The Morgan fingerprint density at radius 1 is 1.28 bits per heavy atom. The van der Waals surface area contributed by atoms with Crippen molar-refractivity contribution in [3.63, 3.8) is 0 Å². The summed E-state index contributed by atoms with van der Waals surface area (Å²) in [6.07, 6.45) is 2.34. The van der Waals surface area contributed by atoms with Crippen LogP contribution in [0, 0.1) is 6.92 Å². The molecule has 0 fully saturated rings. The quantitative estimate of drug-likeness (QED) is 0.219. The van der Waals surface area contributed by atoms with E-state index in [4.69, 9.17) is 27.9 Å². The third kappa shape index (κ3) is 10.4. The highest BCUT2D eigenvalue weighted by molar-refractivity contribution is 6.64. The highest BCUT2D eigenvalue weighted by Crippen LogP contribution is 2.22. The monoisotopic (exact) mass is 441 g/mol. The summed E-state index contributed by atoms with van der Waals surface area (Å²) in [7, 11) is 1.33. The Morgan fingerprint density at radius 2 is 1.93 bits per heavy atom. The van der Waals surface area contributed by atoms with Crippen molar-refractivity contribution in [3.05, 3.63) is 29.3 Å². The number of hydrogen-bond acceptors (Lipinski definition) is 5. The van der Waals surface area contributed by atoms with Crippen molar-refractivity contribution in [1.29, 1.82) is 0 Å². The highest BCUT2D eigenvalue weighted by atomic mass is 35.5. The van der Waals surface area contributed by atoms with E-state index >= 15 is 0 Å². The number of nitrogens with one attached hydrogen (secondary N) is 1. The Morgan fingerprint density at radius 3 is 2.48 bits per heavy atom. The first-order valence-corrected chi connectivity index (χ1v) is 11.0. The summed E-state index contributed by atoms with van der Waals surface area (Å²) in [4.78, 5) is 25.1. The predicted molar refractivity (Wildman–Crippen MR) is 123 cm³/mol. The van der Waals surface area contributed by atoms with Crippen molar-refractivity contribution >= 4 is 48.5 Å². The lowest BCUT2D eigenvalue weighted by Gasteiger charge is -2.25. The fraction of sp³-hybridized carbons (Fsp3) is 0.619. The fourth-order valence-corrected chi connectivity index (χ4v) is 3.44. The molecule has 0 aliphatic heterocycles. The molecule has 161 valence electrons. The van der Waals surface area contributed by atoms with Crippen LogP contribution in [0.4, 0.5) is 5.69 Å². The van der Waals surface area contributed by atoms with Crippen LogP contribution in [0.15, 0.2) is 18.2 Å². The van der Waals surface area contributed by atoms with Crippen LogP contribution < -0.4 is 10.1 Å². The second-order valence-corrected chi connectivity index (χ2v) is 8.73. The van der Waals surface area contributed by atoms with Gasteiger partial charge in [-0.25, -0.2) is 0 Å². The minimum absolute atomic E-state index is 0.181. The Kier molecular flexibility index (Phi) is 11.7. The number of esters is 1. The maximum atomic E-state index is 12.2. The van der Waals surface area contributed by atoms with E-state index in [0.717, 1.165) is 25.2 Å². The van der Waals surface area contributed by atoms with Crippen molar-refractivity contribution in [2.45, 2.75) is 58.6 Å². The van der Waals surface area contributed by atoms with Crippen molar-refractivity contribution < 1.29 is 14.3 Å².